The van der Waals surface area contributed by atoms with Crippen molar-refractivity contribution < 1.29 is 43.2 Å². The van der Waals surface area contributed by atoms with Crippen molar-refractivity contribution in [2.45, 2.75) is 77.4 Å². The lowest BCUT2D eigenvalue weighted by Gasteiger charge is -2.28. The van der Waals surface area contributed by atoms with Crippen LogP contribution in [0.5, 0.6) is 0 Å². The molecule has 0 atom stereocenters. The summed E-state index contributed by atoms with van der Waals surface area (Å²) in [7, 11) is 0. The number of rotatable bonds is 65. The van der Waals surface area contributed by atoms with E-state index in [4.69, 9.17) is 51.6 Å². The second-order valence-corrected chi connectivity index (χ2v) is 28.2. The molecule has 116 heavy (non-hydrogen) atoms. The van der Waals surface area contributed by atoms with Gasteiger partial charge in [-0.2, -0.15) is 0 Å². The Bertz CT molecular complexity index is 3340. The van der Waals surface area contributed by atoms with E-state index in [0.29, 0.717) is 223 Å². The Balaban J connectivity index is 1.70. The van der Waals surface area contributed by atoms with Gasteiger partial charge < -0.3 is 114 Å². The molecule has 4 aromatic carbocycles. The molecule has 27 N–H and O–H groups in total. The van der Waals surface area contributed by atoms with Gasteiger partial charge in [0.15, 0.2) is 0 Å². The minimum Gasteiger partial charge on any atom is -0.355 e. The molecule has 4 aromatic rings. The molecule has 0 saturated carbocycles. The quantitative estimate of drug-likeness (QED) is 0.0163. The van der Waals surface area contributed by atoms with Crippen LogP contribution in [-0.2, 0) is 62.8 Å². The fraction of sp³-hybridized carbons (Fsp3) is 0.530. The molecule has 0 unspecified atom stereocenters. The van der Waals surface area contributed by atoms with E-state index >= 15 is 0 Å². The van der Waals surface area contributed by atoms with E-state index in [9.17, 15) is 43.2 Å². The fourth-order valence-electron chi connectivity index (χ4n) is 12.1. The first kappa shape index (κ1) is 99.1. The summed E-state index contributed by atoms with van der Waals surface area (Å²) in [4.78, 5) is 127. The van der Waals surface area contributed by atoms with Gasteiger partial charge in [0.25, 0.3) is 0 Å². The second kappa shape index (κ2) is 62.0. The van der Waals surface area contributed by atoms with Crippen molar-refractivity contribution in [1.29, 1.82) is 0 Å². The van der Waals surface area contributed by atoms with Gasteiger partial charge >= 0.3 is 0 Å². The molecular formula is C83H136N24O9. The van der Waals surface area contributed by atoms with E-state index in [1.807, 2.05) is 0 Å². The zero-order valence-corrected chi connectivity index (χ0v) is 68.3. The molecule has 0 fully saturated rings. The van der Waals surface area contributed by atoms with Gasteiger partial charge in [-0.3, -0.25) is 57.9 Å². The number of nitrogens with one attached hydrogen (secondary N) is 9. The third-order valence-electron chi connectivity index (χ3n) is 18.7. The molecule has 0 aliphatic carbocycles. The van der Waals surface area contributed by atoms with Crippen molar-refractivity contribution in [1.82, 2.24) is 77.3 Å². The molecule has 0 heterocycles. The zero-order chi connectivity index (χ0) is 84.2. The largest absolute Gasteiger partial charge is 0.355 e. The van der Waals surface area contributed by atoms with Crippen molar-refractivity contribution >= 4 is 89.6 Å². The molecule has 33 heteroatoms. The maximum Gasteiger partial charge on any atom is 0.222 e. The summed E-state index contributed by atoms with van der Waals surface area (Å²) in [6.07, 6.45) is 14.6. The monoisotopic (exact) mass is 1610 g/mol. The SMILES string of the molecule is NCCNC(=O)CCN(CCC(=O)NCN)CCN(CCC(=O)NCCN)Cc1ccc(C=Cc2cc(C=Cc3ccc(CN(CCC(=O)NCCN)CCN(CCC(=O)NCCN)CCC(=O)NCCN)cc3)cc(C=Cc3ccc(CN(CCC(=O)NCCN)CCN(CCC(=O)NCCN)CCC(=O)NCCN)cc3)c2)cc1. The van der Waals surface area contributed by atoms with Crippen molar-refractivity contribution in [3.63, 3.8) is 0 Å². The third-order valence-corrected chi connectivity index (χ3v) is 18.7. The molecule has 0 bridgehead atoms. The molecule has 0 radical (unpaired) electrons. The summed E-state index contributed by atoms with van der Waals surface area (Å²) in [5.41, 5.74) is 59.7. The van der Waals surface area contributed by atoms with Gasteiger partial charge in [0.2, 0.25) is 53.2 Å². The third kappa shape index (κ3) is 47.1. The van der Waals surface area contributed by atoms with E-state index in [1.165, 1.54) is 0 Å². The first-order valence-corrected chi connectivity index (χ1v) is 40.8. The normalized spacial score (nSPS) is 11.6. The van der Waals surface area contributed by atoms with E-state index in [1.54, 1.807) is 0 Å². The van der Waals surface area contributed by atoms with Crippen LogP contribution >= 0.6 is 0 Å². The van der Waals surface area contributed by atoms with E-state index in [0.717, 1.165) is 50.1 Å². The molecule has 0 aliphatic rings. The molecule has 0 spiro atoms. The van der Waals surface area contributed by atoms with Crippen molar-refractivity contribution in [3.8, 4) is 0 Å². The van der Waals surface area contributed by atoms with Gasteiger partial charge in [-0.25, -0.2) is 0 Å². The van der Waals surface area contributed by atoms with Crippen LogP contribution in [-0.4, -0.2) is 292 Å². The molecular weight excluding hydrogens is 1480 g/mol. The molecule has 0 saturated heterocycles. The van der Waals surface area contributed by atoms with Crippen LogP contribution in [0.15, 0.2) is 91.0 Å². The lowest BCUT2D eigenvalue weighted by Crippen LogP contribution is -2.41. The summed E-state index contributed by atoms with van der Waals surface area (Å²) in [5, 5.41) is 25.4. The number of nitrogens with two attached hydrogens (primary N) is 9. The van der Waals surface area contributed by atoms with Crippen LogP contribution in [0, 0.1) is 0 Å². The van der Waals surface area contributed by atoms with Gasteiger partial charge in [0.05, 0.1) is 6.67 Å². The van der Waals surface area contributed by atoms with Gasteiger partial charge in [-0.1, -0.05) is 109 Å². The summed E-state index contributed by atoms with van der Waals surface area (Å²) in [6, 6.07) is 31.2. The summed E-state index contributed by atoms with van der Waals surface area (Å²) in [5.74, 6) is -1.15. The molecule has 0 aliphatic heterocycles. The minimum absolute atomic E-state index is 0.0220. The van der Waals surface area contributed by atoms with Crippen LogP contribution in [0.4, 0.5) is 0 Å². The Morgan fingerprint density at radius 2 is 0.379 bits per heavy atom. The van der Waals surface area contributed by atoms with Gasteiger partial charge in [-0.15, -0.1) is 0 Å². The summed E-state index contributed by atoms with van der Waals surface area (Å²) in [6.45, 7) is 14.3. The average molecular weight is 1610 g/mol. The van der Waals surface area contributed by atoms with Crippen molar-refractivity contribution in [2.75, 3.05) is 210 Å². The lowest BCUT2D eigenvalue weighted by molar-refractivity contribution is -0.123. The number of hydrogen-bond donors (Lipinski definition) is 18. The Kier molecular flexibility index (Phi) is 53.0. The highest BCUT2D eigenvalue weighted by Gasteiger charge is 2.20. The van der Waals surface area contributed by atoms with Crippen LogP contribution in [0.3, 0.4) is 0 Å². The summed E-state index contributed by atoms with van der Waals surface area (Å²) >= 11 is 0. The Morgan fingerprint density at radius 3 is 0.560 bits per heavy atom. The van der Waals surface area contributed by atoms with Crippen molar-refractivity contribution in [3.05, 3.63) is 141 Å². The number of carbonyl (C=O) groups excluding carboxylic acids is 9. The van der Waals surface area contributed by atoms with Crippen molar-refractivity contribution in [2.24, 2.45) is 51.6 Å². The number of carbonyl (C=O) groups is 9. The van der Waals surface area contributed by atoms with Gasteiger partial charge in [0.1, 0.15) is 0 Å². The molecule has 642 valence electrons. The first-order chi connectivity index (χ1) is 56.3. The van der Waals surface area contributed by atoms with E-state index in [-0.39, 0.29) is 118 Å². The fourth-order valence-corrected chi connectivity index (χ4v) is 12.1. The Hall–Kier alpha value is -9.27. The van der Waals surface area contributed by atoms with E-state index < -0.39 is 0 Å². The minimum atomic E-state index is -0.189. The highest BCUT2D eigenvalue weighted by atomic mass is 16.2. The Labute approximate surface area is 686 Å². The average Bonchev–Trinajstić information content (AvgIpc) is 0.861. The maximum absolute atomic E-state index is 12.9. The van der Waals surface area contributed by atoms with Crippen LogP contribution in [0.2, 0.25) is 0 Å². The van der Waals surface area contributed by atoms with Crippen LogP contribution in [0.1, 0.15) is 108 Å². The summed E-state index contributed by atoms with van der Waals surface area (Å²) < 4.78 is 0. The number of nitrogens with zero attached hydrogens (tertiary/aromatic N) is 6. The topological polar surface area (TPSA) is 516 Å². The number of benzene rings is 4. The van der Waals surface area contributed by atoms with Gasteiger partial charge in [-0.05, 0) is 68.3 Å². The predicted molar refractivity (Wildman–Crippen MR) is 463 cm³/mol. The molecule has 33 nitrogen and oxygen atoms in total. The zero-order valence-electron chi connectivity index (χ0n) is 68.3. The number of hydrogen-bond acceptors (Lipinski definition) is 24. The van der Waals surface area contributed by atoms with Crippen LogP contribution in [0.25, 0.3) is 36.5 Å². The van der Waals surface area contributed by atoms with Crippen LogP contribution < -0.4 is 99.5 Å². The Morgan fingerprint density at radius 1 is 0.216 bits per heavy atom. The second-order valence-electron chi connectivity index (χ2n) is 28.2. The van der Waals surface area contributed by atoms with Gasteiger partial charge in [0, 0.05) is 280 Å². The first-order valence-electron chi connectivity index (χ1n) is 40.8. The van der Waals surface area contributed by atoms with E-state index in [2.05, 4.69) is 205 Å². The molecule has 4 rings (SSSR count). The highest BCUT2D eigenvalue weighted by molar-refractivity contribution is 5.81. The lowest BCUT2D eigenvalue weighted by atomic mass is 10.0. The highest BCUT2D eigenvalue weighted by Crippen LogP contribution is 2.21. The predicted octanol–water partition coefficient (Wildman–Crippen LogP) is -2.35. The molecule has 9 amide bonds. The standard InChI is InChI=1S/C83H136N24O9/c84-28-36-93-75(108)19-44-102(45-20-76(109)94-37-29-85)53-56-105(50-25-80(113)98-41-33-89)62-69-10-1-66(2-11-69)7-16-72-59-73(17-8-67-3-12-70(13-4-67)63-106(51-26-81(114)99-42-34-90)57-54-103(46-21-77(110)95-38-30-86)47-22-78(111)96-39-31-87)61-74(60-72)18-9-68-5-14-71(15-6-68)64-107(52-27-82(115)100-43-35-91)58-55-104(49-24-83(116)101-65-92)48-23-79(112)97-40-32-88/h1-18,59-61H,19-58,62-65,84-92H2,(H,93,108)(H,94,109)(H,95,110)(H,96,111)(H,97,112)(H,98,113)(H,99,114)(H,100,115)(H,101,116). The number of amides is 9. The molecule has 0 aromatic heterocycles. The maximum atomic E-state index is 12.9. The smallest absolute Gasteiger partial charge is 0.222 e.